The maximum Gasteiger partial charge on any atom is 0.255 e. The number of hydrogen-bond donors (Lipinski definition) is 2. The molecule has 3 aromatic rings. The van der Waals surface area contributed by atoms with Crippen LogP contribution in [0.15, 0.2) is 66.9 Å². The lowest BCUT2D eigenvalue weighted by Gasteiger charge is -2.32. The largest absolute Gasteiger partial charge is 0.369 e. The highest BCUT2D eigenvalue weighted by molar-refractivity contribution is 6.04. The van der Waals surface area contributed by atoms with Crippen molar-refractivity contribution in [1.29, 1.82) is 0 Å². The second-order valence-corrected chi connectivity index (χ2v) is 9.03. The van der Waals surface area contributed by atoms with Crippen molar-refractivity contribution >= 4 is 29.0 Å². The van der Waals surface area contributed by atoms with E-state index in [0.717, 1.165) is 50.4 Å². The van der Waals surface area contributed by atoms with Crippen molar-refractivity contribution < 1.29 is 9.59 Å². The predicted molar refractivity (Wildman–Crippen MR) is 134 cm³/mol. The summed E-state index contributed by atoms with van der Waals surface area (Å²) in [7, 11) is 0. The standard InChI is InChI=1S/C27H29N5O2/c28-26(33)22-6-3-14-32(18-22)25-12-9-23(16-29-25)30-27(34)20-7-10-24(11-8-20)31-15-13-19-4-1-2-5-21(19)17-31/h1-2,4-5,7-12,16,22H,3,6,13-15,17-18H2,(H2,28,33)(H,30,34). The Labute approximate surface area is 199 Å². The molecule has 2 aliphatic rings. The van der Waals surface area contributed by atoms with E-state index in [1.54, 1.807) is 6.20 Å². The fourth-order valence-electron chi connectivity index (χ4n) is 4.81. The van der Waals surface area contributed by atoms with E-state index in [1.807, 2.05) is 36.4 Å². The summed E-state index contributed by atoms with van der Waals surface area (Å²) in [6.45, 7) is 3.29. The average Bonchev–Trinajstić information content (AvgIpc) is 2.89. The zero-order valence-electron chi connectivity index (χ0n) is 19.1. The van der Waals surface area contributed by atoms with Gasteiger partial charge >= 0.3 is 0 Å². The number of nitrogens with zero attached hydrogens (tertiary/aromatic N) is 3. The van der Waals surface area contributed by atoms with Crippen molar-refractivity contribution in [3.05, 3.63) is 83.6 Å². The predicted octanol–water partition coefficient (Wildman–Crippen LogP) is 3.60. The first-order chi connectivity index (χ1) is 16.6. The molecule has 174 valence electrons. The minimum Gasteiger partial charge on any atom is -0.369 e. The molecule has 0 spiro atoms. The molecule has 0 radical (unpaired) electrons. The van der Waals surface area contributed by atoms with Gasteiger partial charge in [0.1, 0.15) is 5.82 Å². The number of nitrogens with one attached hydrogen (secondary N) is 1. The van der Waals surface area contributed by atoms with Gasteiger partial charge in [0.15, 0.2) is 0 Å². The van der Waals surface area contributed by atoms with Crippen molar-refractivity contribution in [3.8, 4) is 0 Å². The molecule has 7 heteroatoms. The normalized spacial score (nSPS) is 17.7. The summed E-state index contributed by atoms with van der Waals surface area (Å²) in [6.07, 6.45) is 4.42. The van der Waals surface area contributed by atoms with E-state index in [0.29, 0.717) is 17.8 Å². The van der Waals surface area contributed by atoms with Gasteiger partial charge in [-0.1, -0.05) is 24.3 Å². The first kappa shape index (κ1) is 21.9. The molecule has 7 nitrogen and oxygen atoms in total. The lowest BCUT2D eigenvalue weighted by Crippen LogP contribution is -2.41. The van der Waals surface area contributed by atoms with Crippen LogP contribution in [0, 0.1) is 5.92 Å². The van der Waals surface area contributed by atoms with E-state index in [2.05, 4.69) is 44.4 Å². The fraction of sp³-hybridized carbons (Fsp3) is 0.296. The van der Waals surface area contributed by atoms with Crippen LogP contribution in [0.1, 0.15) is 34.3 Å². The molecule has 2 aliphatic heterocycles. The third-order valence-corrected chi connectivity index (χ3v) is 6.78. The number of anilines is 3. The second kappa shape index (κ2) is 9.55. The number of piperidine rings is 1. The topological polar surface area (TPSA) is 91.6 Å². The Bertz CT molecular complexity index is 1180. The molecule has 34 heavy (non-hydrogen) atoms. The number of pyridine rings is 1. The number of hydrogen-bond acceptors (Lipinski definition) is 5. The van der Waals surface area contributed by atoms with Gasteiger partial charge in [0.05, 0.1) is 17.8 Å². The van der Waals surface area contributed by atoms with Gasteiger partial charge in [-0.3, -0.25) is 9.59 Å². The fourth-order valence-corrected chi connectivity index (χ4v) is 4.81. The molecule has 2 amide bonds. The van der Waals surface area contributed by atoms with Crippen molar-refractivity contribution in [2.45, 2.75) is 25.8 Å². The van der Waals surface area contributed by atoms with Crippen molar-refractivity contribution in [2.24, 2.45) is 11.7 Å². The Morgan fingerprint density at radius 1 is 0.941 bits per heavy atom. The summed E-state index contributed by atoms with van der Waals surface area (Å²) >= 11 is 0. The Hall–Kier alpha value is -3.87. The molecule has 5 rings (SSSR count). The lowest BCUT2D eigenvalue weighted by atomic mass is 9.97. The van der Waals surface area contributed by atoms with Gasteiger partial charge in [-0.05, 0) is 66.8 Å². The number of carbonyl (C=O) groups excluding carboxylic acids is 2. The molecule has 1 unspecified atom stereocenters. The van der Waals surface area contributed by atoms with Crippen molar-refractivity contribution in [2.75, 3.05) is 34.8 Å². The first-order valence-corrected chi connectivity index (χ1v) is 11.8. The van der Waals surface area contributed by atoms with Crippen LogP contribution in [0.4, 0.5) is 17.2 Å². The molecular weight excluding hydrogens is 426 g/mol. The number of nitrogens with two attached hydrogens (primary N) is 1. The Morgan fingerprint density at radius 2 is 1.74 bits per heavy atom. The SMILES string of the molecule is NC(=O)C1CCCN(c2ccc(NC(=O)c3ccc(N4CCc5ccccc5C4)cc3)cn2)C1. The summed E-state index contributed by atoms with van der Waals surface area (Å²) in [5.74, 6) is 0.218. The van der Waals surface area contributed by atoms with Gasteiger partial charge in [0.2, 0.25) is 5.91 Å². The van der Waals surface area contributed by atoms with Gasteiger partial charge in [0, 0.05) is 37.4 Å². The molecule has 1 atom stereocenters. The van der Waals surface area contributed by atoms with Crippen molar-refractivity contribution in [3.63, 3.8) is 0 Å². The summed E-state index contributed by atoms with van der Waals surface area (Å²) in [5.41, 5.74) is 10.6. The highest BCUT2D eigenvalue weighted by Gasteiger charge is 2.24. The van der Waals surface area contributed by atoms with E-state index in [-0.39, 0.29) is 17.7 Å². The quantitative estimate of drug-likeness (QED) is 0.613. The number of primary amides is 1. The minimum absolute atomic E-state index is 0.141. The first-order valence-electron chi connectivity index (χ1n) is 11.8. The Morgan fingerprint density at radius 3 is 2.47 bits per heavy atom. The van der Waals surface area contributed by atoms with Gasteiger partial charge in [-0.25, -0.2) is 4.98 Å². The van der Waals surface area contributed by atoms with Crippen LogP contribution in [-0.4, -0.2) is 36.4 Å². The monoisotopic (exact) mass is 455 g/mol. The average molecular weight is 456 g/mol. The van der Waals surface area contributed by atoms with Crippen LogP contribution in [0.2, 0.25) is 0 Å². The van der Waals surface area contributed by atoms with Gasteiger partial charge in [-0.2, -0.15) is 0 Å². The lowest BCUT2D eigenvalue weighted by molar-refractivity contribution is -0.122. The summed E-state index contributed by atoms with van der Waals surface area (Å²) in [6, 6.07) is 20.0. The number of carbonyl (C=O) groups is 2. The Kier molecular flexibility index (Phi) is 6.16. The Balaban J connectivity index is 1.20. The van der Waals surface area contributed by atoms with Crippen LogP contribution in [0.25, 0.3) is 0 Å². The van der Waals surface area contributed by atoms with Crippen LogP contribution in [-0.2, 0) is 17.8 Å². The van der Waals surface area contributed by atoms with Crippen LogP contribution < -0.4 is 20.9 Å². The summed E-state index contributed by atoms with van der Waals surface area (Å²) in [4.78, 5) is 33.2. The van der Waals surface area contributed by atoms with Gasteiger partial charge in [-0.15, -0.1) is 0 Å². The minimum atomic E-state index is -0.260. The molecule has 0 bridgehead atoms. The molecule has 3 heterocycles. The zero-order chi connectivity index (χ0) is 23.5. The molecule has 1 fully saturated rings. The molecule has 0 aliphatic carbocycles. The van der Waals surface area contributed by atoms with Crippen LogP contribution in [0.3, 0.4) is 0 Å². The number of fused-ring (bicyclic) bond motifs is 1. The molecular formula is C27H29N5O2. The van der Waals surface area contributed by atoms with E-state index in [1.165, 1.54) is 11.1 Å². The highest BCUT2D eigenvalue weighted by Crippen LogP contribution is 2.25. The van der Waals surface area contributed by atoms with Gasteiger partial charge < -0.3 is 20.9 Å². The third-order valence-electron chi connectivity index (χ3n) is 6.78. The molecule has 1 saturated heterocycles. The van der Waals surface area contributed by atoms with Crippen LogP contribution >= 0.6 is 0 Å². The van der Waals surface area contributed by atoms with Gasteiger partial charge in [0.25, 0.3) is 5.91 Å². The zero-order valence-corrected chi connectivity index (χ0v) is 19.1. The maximum absolute atomic E-state index is 12.8. The van der Waals surface area contributed by atoms with Crippen molar-refractivity contribution in [1.82, 2.24) is 4.98 Å². The van der Waals surface area contributed by atoms with Crippen LogP contribution in [0.5, 0.6) is 0 Å². The summed E-state index contributed by atoms with van der Waals surface area (Å²) in [5, 5.41) is 2.92. The molecule has 3 N–H and O–H groups in total. The third kappa shape index (κ3) is 4.73. The molecule has 2 aromatic carbocycles. The van der Waals surface area contributed by atoms with E-state index < -0.39 is 0 Å². The molecule has 0 saturated carbocycles. The van der Waals surface area contributed by atoms with E-state index >= 15 is 0 Å². The summed E-state index contributed by atoms with van der Waals surface area (Å²) < 4.78 is 0. The second-order valence-electron chi connectivity index (χ2n) is 9.03. The number of aromatic nitrogens is 1. The maximum atomic E-state index is 12.8. The molecule has 1 aromatic heterocycles. The highest BCUT2D eigenvalue weighted by atomic mass is 16.2. The number of benzene rings is 2. The van der Waals surface area contributed by atoms with E-state index in [9.17, 15) is 9.59 Å². The number of rotatable bonds is 5. The van der Waals surface area contributed by atoms with E-state index in [4.69, 9.17) is 5.73 Å². The smallest absolute Gasteiger partial charge is 0.255 e. The number of amides is 2.